The smallest absolute Gasteiger partial charge is 0.341 e. The number of benzene rings is 2. The predicted molar refractivity (Wildman–Crippen MR) is 103 cm³/mol. The molecule has 0 fully saturated rings. The number of carbonyl (C=O) groups is 2. The molecule has 27 heavy (non-hydrogen) atoms. The molecule has 1 amide bonds. The van der Waals surface area contributed by atoms with E-state index in [9.17, 15) is 19.7 Å². The summed E-state index contributed by atoms with van der Waals surface area (Å²) < 4.78 is 5.99. The molecule has 3 rings (SSSR count). The number of amides is 1. The first-order valence-electron chi connectivity index (χ1n) is 8.21. The zero-order valence-electron chi connectivity index (χ0n) is 14.4. The highest BCUT2D eigenvalue weighted by Crippen LogP contribution is 2.36. The van der Waals surface area contributed by atoms with Crippen molar-refractivity contribution in [2.24, 2.45) is 0 Å². The highest BCUT2D eigenvalue weighted by atomic mass is 32.1. The lowest BCUT2D eigenvalue weighted by Gasteiger charge is -2.07. The van der Waals surface area contributed by atoms with Gasteiger partial charge in [0.2, 0.25) is 5.91 Å². The van der Waals surface area contributed by atoms with Crippen LogP contribution in [0.1, 0.15) is 22.8 Å². The van der Waals surface area contributed by atoms with E-state index < -0.39 is 10.9 Å². The van der Waals surface area contributed by atoms with Crippen molar-refractivity contribution >= 4 is 44.0 Å². The standard InChI is InChI=1S/C19H16N2O5S/c1-2-26-19(23)17-14-5-3-4-6-15(14)27-18(17)20-16(22)11-12-7-9-13(10-8-12)21(24)25/h3-10H,2,11H2,1H3,(H,20,22). The first-order valence-corrected chi connectivity index (χ1v) is 9.03. The Balaban J connectivity index is 1.83. The Labute approximate surface area is 158 Å². The third-order valence-corrected chi connectivity index (χ3v) is 4.93. The van der Waals surface area contributed by atoms with Gasteiger partial charge in [0.25, 0.3) is 5.69 Å². The van der Waals surface area contributed by atoms with Crippen molar-refractivity contribution in [2.75, 3.05) is 11.9 Å². The SMILES string of the molecule is CCOC(=O)c1c(NC(=O)Cc2ccc([N+](=O)[O-])cc2)sc2ccccc12. The van der Waals surface area contributed by atoms with Gasteiger partial charge in [0, 0.05) is 22.2 Å². The number of nitro groups is 1. The summed E-state index contributed by atoms with van der Waals surface area (Å²) in [4.78, 5) is 35.0. The van der Waals surface area contributed by atoms with Crippen LogP contribution >= 0.6 is 11.3 Å². The summed E-state index contributed by atoms with van der Waals surface area (Å²) in [5.74, 6) is -0.804. The molecule has 1 N–H and O–H groups in total. The van der Waals surface area contributed by atoms with E-state index in [1.54, 1.807) is 6.92 Å². The van der Waals surface area contributed by atoms with Gasteiger partial charge in [-0.2, -0.15) is 0 Å². The van der Waals surface area contributed by atoms with Crippen LogP contribution in [-0.4, -0.2) is 23.4 Å². The molecular formula is C19H16N2O5S. The largest absolute Gasteiger partial charge is 0.462 e. The van der Waals surface area contributed by atoms with Crippen molar-refractivity contribution in [3.63, 3.8) is 0 Å². The number of anilines is 1. The van der Waals surface area contributed by atoms with Crippen LogP contribution in [0.5, 0.6) is 0 Å². The molecule has 0 radical (unpaired) electrons. The molecule has 0 saturated carbocycles. The summed E-state index contributed by atoms with van der Waals surface area (Å²) in [5, 5.41) is 14.6. The van der Waals surface area contributed by atoms with Crippen LogP contribution in [0.4, 0.5) is 10.7 Å². The Hall–Kier alpha value is -3.26. The second-order valence-corrected chi connectivity index (χ2v) is 6.72. The topological polar surface area (TPSA) is 98.5 Å². The Morgan fingerprint density at radius 1 is 1.15 bits per heavy atom. The quantitative estimate of drug-likeness (QED) is 0.391. The number of hydrogen-bond acceptors (Lipinski definition) is 6. The second kappa shape index (κ2) is 7.96. The van der Waals surface area contributed by atoms with Gasteiger partial charge in [0.15, 0.2) is 0 Å². The minimum absolute atomic E-state index is 0.0340. The summed E-state index contributed by atoms with van der Waals surface area (Å²) in [6.45, 7) is 1.96. The number of rotatable bonds is 6. The van der Waals surface area contributed by atoms with E-state index in [1.807, 2.05) is 24.3 Å². The van der Waals surface area contributed by atoms with Crippen molar-refractivity contribution in [1.29, 1.82) is 0 Å². The molecule has 0 aliphatic heterocycles. The molecule has 0 aliphatic carbocycles. The number of ether oxygens (including phenoxy) is 1. The highest BCUT2D eigenvalue weighted by Gasteiger charge is 2.21. The van der Waals surface area contributed by atoms with Gasteiger partial charge < -0.3 is 10.1 Å². The lowest BCUT2D eigenvalue weighted by Crippen LogP contribution is -2.16. The molecule has 0 atom stereocenters. The number of thiophene rings is 1. The molecule has 8 heteroatoms. The summed E-state index contributed by atoms with van der Waals surface area (Å²) >= 11 is 1.30. The third-order valence-electron chi connectivity index (χ3n) is 3.84. The van der Waals surface area contributed by atoms with Crippen LogP contribution in [0.2, 0.25) is 0 Å². The second-order valence-electron chi connectivity index (χ2n) is 5.67. The van der Waals surface area contributed by atoms with Gasteiger partial charge in [-0.05, 0) is 18.6 Å². The highest BCUT2D eigenvalue weighted by molar-refractivity contribution is 7.23. The molecule has 0 unspecified atom stereocenters. The molecule has 0 bridgehead atoms. The van der Waals surface area contributed by atoms with Gasteiger partial charge in [0.05, 0.1) is 18.0 Å². The normalized spacial score (nSPS) is 10.6. The van der Waals surface area contributed by atoms with Crippen LogP contribution in [0.15, 0.2) is 48.5 Å². The Bertz CT molecular complexity index is 1010. The summed E-state index contributed by atoms with van der Waals surface area (Å²) in [6, 6.07) is 13.1. The van der Waals surface area contributed by atoms with Crippen molar-refractivity contribution in [3.8, 4) is 0 Å². The lowest BCUT2D eigenvalue weighted by molar-refractivity contribution is -0.384. The maximum Gasteiger partial charge on any atom is 0.341 e. The molecule has 0 spiro atoms. The van der Waals surface area contributed by atoms with E-state index in [0.717, 1.165) is 10.1 Å². The van der Waals surface area contributed by atoms with Crippen LogP contribution in [0, 0.1) is 10.1 Å². The Morgan fingerprint density at radius 2 is 1.85 bits per heavy atom. The fraction of sp³-hybridized carbons (Fsp3) is 0.158. The van der Waals surface area contributed by atoms with Crippen molar-refractivity contribution in [1.82, 2.24) is 0 Å². The third kappa shape index (κ3) is 4.12. The number of nitrogens with zero attached hydrogens (tertiary/aromatic N) is 1. The number of fused-ring (bicyclic) bond motifs is 1. The molecule has 0 aliphatic rings. The zero-order chi connectivity index (χ0) is 19.4. The molecule has 1 heterocycles. The molecule has 2 aromatic carbocycles. The number of nitrogens with one attached hydrogen (secondary N) is 1. The number of esters is 1. The van der Waals surface area contributed by atoms with Gasteiger partial charge in [-0.1, -0.05) is 30.3 Å². The summed E-state index contributed by atoms with van der Waals surface area (Å²) in [7, 11) is 0. The van der Waals surface area contributed by atoms with Crippen LogP contribution in [0.25, 0.3) is 10.1 Å². The minimum Gasteiger partial charge on any atom is -0.462 e. The van der Waals surface area contributed by atoms with Crippen molar-refractivity contribution < 1.29 is 19.2 Å². The molecule has 3 aromatic rings. The maximum atomic E-state index is 12.4. The van der Waals surface area contributed by atoms with E-state index in [-0.39, 0.29) is 24.6 Å². The maximum absolute atomic E-state index is 12.4. The fourth-order valence-electron chi connectivity index (χ4n) is 2.63. The van der Waals surface area contributed by atoms with E-state index in [0.29, 0.717) is 16.1 Å². The van der Waals surface area contributed by atoms with Gasteiger partial charge in [0.1, 0.15) is 10.6 Å². The summed E-state index contributed by atoms with van der Waals surface area (Å²) in [5.41, 5.74) is 0.944. The van der Waals surface area contributed by atoms with Gasteiger partial charge in [-0.25, -0.2) is 4.79 Å². The Morgan fingerprint density at radius 3 is 2.52 bits per heavy atom. The molecular weight excluding hydrogens is 368 g/mol. The first-order chi connectivity index (χ1) is 13.0. The first kappa shape index (κ1) is 18.5. The number of non-ortho nitro benzene ring substituents is 1. The molecule has 7 nitrogen and oxygen atoms in total. The summed E-state index contributed by atoms with van der Waals surface area (Å²) in [6.07, 6.45) is 0.0362. The fourth-order valence-corrected chi connectivity index (χ4v) is 3.74. The number of nitro benzene ring substituents is 1. The van der Waals surface area contributed by atoms with Gasteiger partial charge in [-0.15, -0.1) is 11.3 Å². The number of hydrogen-bond donors (Lipinski definition) is 1. The predicted octanol–water partition coefficient (Wildman–Crippen LogP) is 4.17. The average Bonchev–Trinajstić information content (AvgIpc) is 3.00. The van der Waals surface area contributed by atoms with Crippen molar-refractivity contribution in [3.05, 3.63) is 69.8 Å². The molecule has 0 saturated heterocycles. The monoisotopic (exact) mass is 384 g/mol. The lowest BCUT2D eigenvalue weighted by atomic mass is 10.1. The van der Waals surface area contributed by atoms with E-state index in [1.165, 1.54) is 35.6 Å². The average molecular weight is 384 g/mol. The minimum atomic E-state index is -0.493. The van der Waals surface area contributed by atoms with E-state index in [4.69, 9.17) is 4.74 Å². The zero-order valence-corrected chi connectivity index (χ0v) is 15.2. The van der Waals surface area contributed by atoms with Gasteiger partial charge >= 0.3 is 5.97 Å². The van der Waals surface area contributed by atoms with Crippen LogP contribution < -0.4 is 5.32 Å². The van der Waals surface area contributed by atoms with Crippen LogP contribution in [0.3, 0.4) is 0 Å². The molecule has 138 valence electrons. The van der Waals surface area contributed by atoms with E-state index in [2.05, 4.69) is 5.32 Å². The number of carbonyl (C=O) groups excluding carboxylic acids is 2. The van der Waals surface area contributed by atoms with Crippen molar-refractivity contribution in [2.45, 2.75) is 13.3 Å². The van der Waals surface area contributed by atoms with Gasteiger partial charge in [-0.3, -0.25) is 14.9 Å². The Kier molecular flexibility index (Phi) is 5.46. The van der Waals surface area contributed by atoms with Crippen LogP contribution in [-0.2, 0) is 16.0 Å². The molecule has 1 aromatic heterocycles. The van der Waals surface area contributed by atoms with E-state index >= 15 is 0 Å².